The van der Waals surface area contributed by atoms with Gasteiger partial charge in [0.15, 0.2) is 0 Å². The topological polar surface area (TPSA) is 23.5 Å². The molecule has 2 aromatic rings. The third-order valence-electron chi connectivity index (χ3n) is 5.56. The maximum absolute atomic E-state index is 14.2. The summed E-state index contributed by atoms with van der Waals surface area (Å²) < 4.78 is 27.4. The van der Waals surface area contributed by atoms with E-state index in [1.165, 1.54) is 17.7 Å². The predicted octanol–water partition coefficient (Wildman–Crippen LogP) is 3.98. The summed E-state index contributed by atoms with van der Waals surface area (Å²) in [5, 5.41) is 11.1. The second kappa shape index (κ2) is 5.94. The van der Waals surface area contributed by atoms with Crippen LogP contribution in [0.1, 0.15) is 36.8 Å². The fraction of sp³-hybridized carbons (Fsp3) is 0.400. The molecule has 2 aromatic carbocycles. The zero-order valence-electron chi connectivity index (χ0n) is 13.5. The average Bonchev–Trinajstić information content (AvgIpc) is 2.79. The third-order valence-corrected chi connectivity index (χ3v) is 5.56. The van der Waals surface area contributed by atoms with Crippen molar-refractivity contribution in [1.82, 2.24) is 4.90 Å². The molecule has 4 rings (SSSR count). The van der Waals surface area contributed by atoms with E-state index in [9.17, 15) is 13.9 Å². The summed E-state index contributed by atoms with van der Waals surface area (Å²) in [6.45, 7) is 0.859. The highest BCUT2D eigenvalue weighted by Crippen LogP contribution is 2.46. The maximum atomic E-state index is 14.2. The van der Waals surface area contributed by atoms with Crippen LogP contribution in [0.2, 0.25) is 0 Å². The first-order chi connectivity index (χ1) is 11.5. The Kier molecular flexibility index (Phi) is 3.89. The Morgan fingerprint density at radius 3 is 2.29 bits per heavy atom. The van der Waals surface area contributed by atoms with Crippen LogP contribution in [0.4, 0.5) is 8.78 Å². The van der Waals surface area contributed by atoms with E-state index in [0.29, 0.717) is 12.8 Å². The van der Waals surface area contributed by atoms with Crippen LogP contribution >= 0.6 is 0 Å². The van der Waals surface area contributed by atoms with E-state index in [2.05, 4.69) is 17.0 Å². The van der Waals surface area contributed by atoms with Gasteiger partial charge in [0.1, 0.15) is 11.6 Å². The van der Waals surface area contributed by atoms with Gasteiger partial charge in [-0.2, -0.15) is 0 Å². The summed E-state index contributed by atoms with van der Waals surface area (Å²) in [7, 11) is 0. The van der Waals surface area contributed by atoms with Gasteiger partial charge in [-0.1, -0.05) is 36.4 Å². The minimum absolute atomic E-state index is 0.235. The molecule has 2 bridgehead atoms. The molecule has 0 spiro atoms. The molecule has 0 radical (unpaired) electrons. The minimum Gasteiger partial charge on any atom is -0.385 e. The SMILES string of the molecule is OC1(c2ccc(F)cc2F)CC2CCC(C1)N2Cc1ccccc1. The smallest absolute Gasteiger partial charge is 0.132 e. The molecule has 2 unspecified atom stereocenters. The summed E-state index contributed by atoms with van der Waals surface area (Å²) in [6, 6.07) is 14.3. The molecule has 0 aliphatic carbocycles. The van der Waals surface area contributed by atoms with Crippen molar-refractivity contribution >= 4 is 0 Å². The Labute approximate surface area is 140 Å². The van der Waals surface area contributed by atoms with Gasteiger partial charge in [-0.3, -0.25) is 4.90 Å². The predicted molar refractivity (Wildman–Crippen MR) is 88.3 cm³/mol. The summed E-state index contributed by atoms with van der Waals surface area (Å²) in [5.41, 5.74) is 0.296. The Bertz CT molecular complexity index is 720. The number of aliphatic hydroxyl groups is 1. The molecule has 2 fully saturated rings. The van der Waals surface area contributed by atoms with Crippen LogP contribution in [0, 0.1) is 11.6 Å². The van der Waals surface area contributed by atoms with Gasteiger partial charge in [0.05, 0.1) is 5.60 Å². The highest BCUT2D eigenvalue weighted by Gasteiger charge is 2.48. The zero-order chi connectivity index (χ0) is 16.7. The molecule has 1 N–H and O–H groups in total. The van der Waals surface area contributed by atoms with Crippen molar-refractivity contribution in [3.05, 3.63) is 71.3 Å². The third kappa shape index (κ3) is 2.74. The summed E-state index contributed by atoms with van der Waals surface area (Å²) >= 11 is 0. The standard InChI is InChI=1S/C20H21F2NO/c21-15-6-9-18(19(22)10-15)20(24)11-16-7-8-17(12-20)23(16)13-14-4-2-1-3-5-14/h1-6,9-10,16-17,24H,7-8,11-13H2. The van der Waals surface area contributed by atoms with Crippen LogP contribution in [0.25, 0.3) is 0 Å². The van der Waals surface area contributed by atoms with E-state index >= 15 is 0 Å². The molecular formula is C20H21F2NO. The first kappa shape index (κ1) is 15.7. The van der Waals surface area contributed by atoms with Crippen LogP contribution < -0.4 is 0 Å². The molecule has 2 aliphatic heterocycles. The van der Waals surface area contributed by atoms with Crippen molar-refractivity contribution < 1.29 is 13.9 Å². The monoisotopic (exact) mass is 329 g/mol. The molecule has 4 heteroatoms. The Morgan fingerprint density at radius 1 is 1.00 bits per heavy atom. The number of halogens is 2. The van der Waals surface area contributed by atoms with Gasteiger partial charge in [-0.05, 0) is 37.3 Å². The van der Waals surface area contributed by atoms with Gasteiger partial charge in [0, 0.05) is 30.3 Å². The minimum atomic E-state index is -1.20. The second-order valence-corrected chi connectivity index (χ2v) is 7.11. The van der Waals surface area contributed by atoms with Crippen LogP contribution in [0.3, 0.4) is 0 Å². The van der Waals surface area contributed by atoms with Crippen LogP contribution in [0.15, 0.2) is 48.5 Å². The van der Waals surface area contributed by atoms with E-state index in [-0.39, 0.29) is 17.6 Å². The quantitative estimate of drug-likeness (QED) is 0.921. The Morgan fingerprint density at radius 2 is 1.67 bits per heavy atom. The van der Waals surface area contributed by atoms with Crippen molar-refractivity contribution in [2.45, 2.75) is 49.9 Å². The van der Waals surface area contributed by atoms with E-state index in [1.54, 1.807) is 0 Å². The maximum Gasteiger partial charge on any atom is 0.132 e. The highest BCUT2D eigenvalue weighted by molar-refractivity contribution is 5.28. The van der Waals surface area contributed by atoms with Gasteiger partial charge in [0.25, 0.3) is 0 Å². The van der Waals surface area contributed by atoms with Crippen LogP contribution in [0.5, 0.6) is 0 Å². The largest absolute Gasteiger partial charge is 0.385 e. The Hall–Kier alpha value is -1.78. The van der Waals surface area contributed by atoms with Crippen molar-refractivity contribution in [2.75, 3.05) is 0 Å². The number of piperidine rings is 1. The van der Waals surface area contributed by atoms with Crippen LogP contribution in [-0.4, -0.2) is 22.1 Å². The lowest BCUT2D eigenvalue weighted by atomic mass is 9.80. The molecule has 2 nitrogen and oxygen atoms in total. The molecule has 2 heterocycles. The summed E-state index contributed by atoms with van der Waals surface area (Å²) in [4.78, 5) is 2.44. The highest BCUT2D eigenvalue weighted by atomic mass is 19.1. The van der Waals surface area contributed by atoms with Crippen molar-refractivity contribution in [2.24, 2.45) is 0 Å². The summed E-state index contributed by atoms with van der Waals surface area (Å²) in [6.07, 6.45) is 3.03. The number of hydrogen-bond donors (Lipinski definition) is 1. The number of fused-ring (bicyclic) bond motifs is 2. The molecular weight excluding hydrogens is 308 g/mol. The molecule has 2 aliphatic rings. The zero-order valence-corrected chi connectivity index (χ0v) is 13.5. The van der Waals surface area contributed by atoms with Crippen molar-refractivity contribution in [3.8, 4) is 0 Å². The normalized spacial score (nSPS) is 29.8. The van der Waals surface area contributed by atoms with Gasteiger partial charge in [-0.25, -0.2) is 8.78 Å². The molecule has 0 aromatic heterocycles. The van der Waals surface area contributed by atoms with Gasteiger partial charge in [0.2, 0.25) is 0 Å². The molecule has 2 atom stereocenters. The number of nitrogens with zero attached hydrogens (tertiary/aromatic N) is 1. The van der Waals surface area contributed by atoms with Crippen LogP contribution in [-0.2, 0) is 12.1 Å². The van der Waals surface area contributed by atoms with E-state index in [4.69, 9.17) is 0 Å². The second-order valence-electron chi connectivity index (χ2n) is 7.11. The molecule has 24 heavy (non-hydrogen) atoms. The first-order valence-electron chi connectivity index (χ1n) is 8.53. The molecule has 2 saturated heterocycles. The first-order valence-corrected chi connectivity index (χ1v) is 8.53. The Balaban J connectivity index is 1.57. The number of benzene rings is 2. The lowest BCUT2D eigenvalue weighted by molar-refractivity contribution is -0.0616. The fourth-order valence-electron chi connectivity index (χ4n) is 4.46. The average molecular weight is 329 g/mol. The lowest BCUT2D eigenvalue weighted by Crippen LogP contribution is -2.49. The van der Waals surface area contributed by atoms with Crippen molar-refractivity contribution in [1.29, 1.82) is 0 Å². The van der Waals surface area contributed by atoms with E-state index < -0.39 is 17.2 Å². The summed E-state index contributed by atoms with van der Waals surface area (Å²) in [5.74, 6) is -1.25. The van der Waals surface area contributed by atoms with Crippen molar-refractivity contribution in [3.63, 3.8) is 0 Å². The van der Waals surface area contributed by atoms with Gasteiger partial charge < -0.3 is 5.11 Å². The molecule has 0 saturated carbocycles. The van der Waals surface area contributed by atoms with E-state index in [0.717, 1.165) is 25.5 Å². The van der Waals surface area contributed by atoms with E-state index in [1.807, 2.05) is 18.2 Å². The lowest BCUT2D eigenvalue weighted by Gasteiger charge is -2.44. The van der Waals surface area contributed by atoms with Gasteiger partial charge >= 0.3 is 0 Å². The van der Waals surface area contributed by atoms with Gasteiger partial charge in [-0.15, -0.1) is 0 Å². The fourth-order valence-corrected chi connectivity index (χ4v) is 4.46. The number of rotatable bonds is 3. The molecule has 0 amide bonds. The number of hydrogen-bond acceptors (Lipinski definition) is 2. The molecule has 126 valence electrons.